The topological polar surface area (TPSA) is 74.6 Å². The third-order valence-corrected chi connectivity index (χ3v) is 9.25. The van der Waals surface area contributed by atoms with Crippen molar-refractivity contribution in [2.24, 2.45) is 5.92 Å². The van der Waals surface area contributed by atoms with E-state index in [-0.39, 0.29) is 28.9 Å². The van der Waals surface area contributed by atoms with Crippen molar-refractivity contribution in [1.82, 2.24) is 14.8 Å². The minimum atomic E-state index is -0.485. The molecule has 194 valence electrons. The van der Waals surface area contributed by atoms with Crippen LogP contribution in [0.1, 0.15) is 81.3 Å². The number of aromatic nitrogens is 1. The van der Waals surface area contributed by atoms with Crippen LogP contribution in [0.3, 0.4) is 0 Å². The molecule has 3 aromatic rings. The van der Waals surface area contributed by atoms with Crippen LogP contribution in [-0.4, -0.2) is 38.7 Å². The molecule has 0 radical (unpaired) electrons. The second-order valence-electron chi connectivity index (χ2n) is 11.8. The maximum atomic E-state index is 13.7. The largest absolute Gasteiger partial charge is 0.506 e. The molecule has 2 aliphatic carbocycles. The molecule has 2 aliphatic heterocycles. The molecule has 3 atom stereocenters. The molecule has 7 rings (SSSR count). The van der Waals surface area contributed by atoms with Crippen LogP contribution in [0.5, 0.6) is 5.75 Å². The highest BCUT2D eigenvalue weighted by Crippen LogP contribution is 2.57. The zero-order valence-corrected chi connectivity index (χ0v) is 22.0. The summed E-state index contributed by atoms with van der Waals surface area (Å²) in [6.07, 6.45) is 6.38. The van der Waals surface area contributed by atoms with E-state index in [1.54, 1.807) is 10.6 Å². The molecule has 1 amide bonds. The number of aromatic hydroxyl groups is 1. The minimum Gasteiger partial charge on any atom is -0.506 e. The van der Waals surface area contributed by atoms with Crippen LogP contribution in [0.15, 0.2) is 59.4 Å². The van der Waals surface area contributed by atoms with Crippen LogP contribution in [0, 0.1) is 5.92 Å². The average molecular weight is 500 g/mol. The SMILES string of the molecule is CCC(NC(=O)c1c(O)c2ccccc2n(C(C)C)c1=O)N1C2CC3CC1CC(c1ccccc1)(C3)C2. The zero-order valence-electron chi connectivity index (χ0n) is 22.0. The normalized spacial score (nSPS) is 27.6. The second-order valence-corrected chi connectivity index (χ2v) is 11.8. The number of carbonyl (C=O) groups excluding carboxylic acids is 1. The number of nitrogens with zero attached hydrogens (tertiary/aromatic N) is 2. The van der Waals surface area contributed by atoms with Gasteiger partial charge in [0.2, 0.25) is 0 Å². The van der Waals surface area contributed by atoms with Crippen molar-refractivity contribution in [2.75, 3.05) is 0 Å². The standard InChI is InChI=1S/C31H37N3O3/c1-4-26(32-29(36)27-28(35)24-12-8-9-13-25(24)33(19(2)3)30(27)37)34-22-14-20-15-23(34)18-31(16-20,17-22)21-10-6-5-7-11-21/h5-13,19-20,22-23,26,35H,4,14-18H2,1-3H3,(H,32,36). The lowest BCUT2D eigenvalue weighted by Gasteiger charge is -2.63. The maximum Gasteiger partial charge on any atom is 0.267 e. The lowest BCUT2D eigenvalue weighted by Crippen LogP contribution is -2.68. The molecule has 1 aromatic heterocycles. The number of carbonyl (C=O) groups is 1. The van der Waals surface area contributed by atoms with E-state index < -0.39 is 11.5 Å². The summed E-state index contributed by atoms with van der Waals surface area (Å²) in [5.74, 6) is 0.0130. The zero-order chi connectivity index (χ0) is 25.9. The Morgan fingerprint density at radius 1 is 1.03 bits per heavy atom. The van der Waals surface area contributed by atoms with Gasteiger partial charge in [-0.3, -0.25) is 14.5 Å². The van der Waals surface area contributed by atoms with Crippen LogP contribution < -0.4 is 10.9 Å². The van der Waals surface area contributed by atoms with E-state index in [9.17, 15) is 14.7 Å². The lowest BCUT2D eigenvalue weighted by atomic mass is 9.53. The fourth-order valence-electron chi connectivity index (χ4n) is 7.99. The second kappa shape index (κ2) is 9.02. The molecule has 2 saturated heterocycles. The van der Waals surface area contributed by atoms with Crippen molar-refractivity contribution in [3.8, 4) is 5.75 Å². The number of benzene rings is 2. The summed E-state index contributed by atoms with van der Waals surface area (Å²) in [5.41, 5.74) is 1.73. The van der Waals surface area contributed by atoms with Gasteiger partial charge in [-0.2, -0.15) is 0 Å². The Bertz CT molecular complexity index is 1380. The summed E-state index contributed by atoms with van der Waals surface area (Å²) < 4.78 is 1.61. The van der Waals surface area contributed by atoms with Crippen LogP contribution >= 0.6 is 0 Å². The number of nitrogens with one attached hydrogen (secondary N) is 1. The Morgan fingerprint density at radius 2 is 1.68 bits per heavy atom. The first-order chi connectivity index (χ1) is 17.8. The predicted octanol–water partition coefficient (Wildman–Crippen LogP) is 5.34. The van der Waals surface area contributed by atoms with Crippen LogP contribution in [-0.2, 0) is 5.41 Å². The van der Waals surface area contributed by atoms with Gasteiger partial charge in [0.1, 0.15) is 11.3 Å². The number of hydrogen-bond acceptors (Lipinski definition) is 4. The highest BCUT2D eigenvalue weighted by Gasteiger charge is 2.56. The Labute approximate surface area is 218 Å². The monoisotopic (exact) mass is 499 g/mol. The molecule has 37 heavy (non-hydrogen) atoms. The highest BCUT2D eigenvalue weighted by molar-refractivity contribution is 6.02. The smallest absolute Gasteiger partial charge is 0.267 e. The highest BCUT2D eigenvalue weighted by atomic mass is 16.3. The van der Waals surface area contributed by atoms with Crippen molar-refractivity contribution in [3.63, 3.8) is 0 Å². The molecule has 4 bridgehead atoms. The molecular formula is C31H37N3O3. The third-order valence-electron chi connectivity index (χ3n) is 9.25. The molecule has 2 aromatic carbocycles. The van der Waals surface area contributed by atoms with Crippen molar-refractivity contribution in [1.29, 1.82) is 0 Å². The summed E-state index contributed by atoms with van der Waals surface area (Å²) in [6, 6.07) is 18.9. The number of fused-ring (bicyclic) bond motifs is 1. The Kier molecular flexibility index (Phi) is 5.90. The number of hydrogen-bond donors (Lipinski definition) is 2. The molecule has 0 spiro atoms. The van der Waals surface area contributed by atoms with Gasteiger partial charge in [-0.15, -0.1) is 0 Å². The molecule has 2 N–H and O–H groups in total. The van der Waals surface area contributed by atoms with E-state index in [0.717, 1.165) is 25.2 Å². The van der Waals surface area contributed by atoms with Gasteiger partial charge >= 0.3 is 0 Å². The van der Waals surface area contributed by atoms with Gasteiger partial charge in [-0.25, -0.2) is 0 Å². The summed E-state index contributed by atoms with van der Waals surface area (Å²) >= 11 is 0. The predicted molar refractivity (Wildman–Crippen MR) is 146 cm³/mol. The molecule has 2 saturated carbocycles. The van der Waals surface area contributed by atoms with Gasteiger partial charge in [-0.05, 0) is 81.4 Å². The summed E-state index contributed by atoms with van der Waals surface area (Å²) in [4.78, 5) is 29.7. The Morgan fingerprint density at radius 3 is 2.32 bits per heavy atom. The first kappa shape index (κ1) is 24.2. The van der Waals surface area contributed by atoms with Gasteiger partial charge in [0, 0.05) is 23.5 Å². The Hall–Kier alpha value is -3.12. The fourth-order valence-corrected chi connectivity index (χ4v) is 7.99. The molecule has 3 unspecified atom stereocenters. The lowest BCUT2D eigenvalue weighted by molar-refractivity contribution is -0.101. The number of rotatable bonds is 6. The van der Waals surface area contributed by atoms with Crippen LogP contribution in [0.2, 0.25) is 0 Å². The van der Waals surface area contributed by atoms with E-state index in [0.29, 0.717) is 23.0 Å². The van der Waals surface area contributed by atoms with Gasteiger partial charge in [0.15, 0.2) is 0 Å². The van der Waals surface area contributed by atoms with E-state index >= 15 is 0 Å². The van der Waals surface area contributed by atoms with Crippen molar-refractivity contribution >= 4 is 16.8 Å². The van der Waals surface area contributed by atoms with Crippen LogP contribution in [0.4, 0.5) is 0 Å². The van der Waals surface area contributed by atoms with E-state index in [1.165, 1.54) is 24.8 Å². The molecule has 6 heteroatoms. The van der Waals surface area contributed by atoms with Crippen molar-refractivity contribution in [3.05, 3.63) is 76.1 Å². The van der Waals surface area contributed by atoms with Crippen molar-refractivity contribution in [2.45, 2.75) is 89.0 Å². The molecule has 6 nitrogen and oxygen atoms in total. The van der Waals surface area contributed by atoms with E-state index in [2.05, 4.69) is 47.5 Å². The first-order valence-corrected chi connectivity index (χ1v) is 13.8. The molecule has 4 fully saturated rings. The third kappa shape index (κ3) is 3.80. The number of amides is 1. The van der Waals surface area contributed by atoms with E-state index in [1.807, 2.05) is 32.0 Å². The summed E-state index contributed by atoms with van der Waals surface area (Å²) in [5, 5.41) is 14.8. The van der Waals surface area contributed by atoms with E-state index in [4.69, 9.17) is 0 Å². The number of piperidine rings is 2. The minimum absolute atomic E-state index is 0.145. The maximum absolute atomic E-state index is 13.7. The van der Waals surface area contributed by atoms with Gasteiger partial charge in [0.05, 0.1) is 11.7 Å². The first-order valence-electron chi connectivity index (χ1n) is 13.8. The quantitative estimate of drug-likeness (QED) is 0.480. The van der Waals surface area contributed by atoms with Gasteiger partial charge in [-0.1, -0.05) is 49.4 Å². The average Bonchev–Trinajstić information content (AvgIpc) is 2.88. The van der Waals surface area contributed by atoms with Crippen molar-refractivity contribution < 1.29 is 9.90 Å². The van der Waals surface area contributed by atoms with Gasteiger partial charge < -0.3 is 15.0 Å². The summed E-state index contributed by atoms with van der Waals surface area (Å²) in [7, 11) is 0. The molecule has 3 heterocycles. The fraction of sp³-hybridized carbons (Fsp3) is 0.484. The number of para-hydroxylation sites is 1. The molecular weight excluding hydrogens is 462 g/mol. The number of pyridine rings is 1. The van der Waals surface area contributed by atoms with Crippen LogP contribution in [0.25, 0.3) is 10.9 Å². The Balaban J connectivity index is 1.32. The van der Waals surface area contributed by atoms with Gasteiger partial charge in [0.25, 0.3) is 11.5 Å². The molecule has 4 aliphatic rings. The summed E-state index contributed by atoms with van der Waals surface area (Å²) in [6.45, 7) is 5.93.